The molecule has 2 aromatic rings. The summed E-state index contributed by atoms with van der Waals surface area (Å²) >= 11 is 5.93. The monoisotopic (exact) mass is 331 g/mol. The highest BCUT2D eigenvalue weighted by Crippen LogP contribution is 2.20. The van der Waals surface area contributed by atoms with Gasteiger partial charge >= 0.3 is 0 Å². The number of benzene rings is 2. The molecule has 0 fully saturated rings. The van der Waals surface area contributed by atoms with Crippen LogP contribution >= 0.6 is 11.6 Å². The first-order valence-electron chi connectivity index (χ1n) is 7.05. The standard InChI is InChI=1S/C18H18ClNO3/c1-13-3-7-15(19)11-17(13)20-18(21)10-6-14-4-8-16(9-5-14)23-12-22-2/h3-11H,12H2,1-2H3,(H,20,21)/b10-6+. The lowest BCUT2D eigenvalue weighted by Gasteiger charge is -2.06. The fourth-order valence-electron chi connectivity index (χ4n) is 1.88. The van der Waals surface area contributed by atoms with Gasteiger partial charge in [0.2, 0.25) is 5.91 Å². The first-order chi connectivity index (χ1) is 11.1. The van der Waals surface area contributed by atoms with Crippen molar-refractivity contribution in [1.82, 2.24) is 0 Å². The van der Waals surface area contributed by atoms with Crippen LogP contribution in [0.4, 0.5) is 5.69 Å². The molecule has 0 spiro atoms. The second-order valence-corrected chi connectivity index (χ2v) is 5.34. The van der Waals surface area contributed by atoms with Crippen LogP contribution in [-0.2, 0) is 9.53 Å². The fraction of sp³-hybridized carbons (Fsp3) is 0.167. The van der Waals surface area contributed by atoms with E-state index in [-0.39, 0.29) is 12.7 Å². The molecule has 0 aliphatic heterocycles. The molecular weight excluding hydrogens is 314 g/mol. The molecule has 5 heteroatoms. The normalized spacial score (nSPS) is 10.7. The van der Waals surface area contributed by atoms with Crippen LogP contribution in [0.15, 0.2) is 48.5 Å². The molecule has 0 unspecified atom stereocenters. The number of hydrogen-bond acceptors (Lipinski definition) is 3. The Morgan fingerprint density at radius 3 is 2.65 bits per heavy atom. The van der Waals surface area contributed by atoms with Crippen LogP contribution in [0.1, 0.15) is 11.1 Å². The van der Waals surface area contributed by atoms with Gasteiger partial charge < -0.3 is 14.8 Å². The summed E-state index contributed by atoms with van der Waals surface area (Å²) in [6, 6.07) is 12.7. The lowest BCUT2D eigenvalue weighted by molar-refractivity contribution is -0.111. The average Bonchev–Trinajstić information content (AvgIpc) is 2.55. The van der Waals surface area contributed by atoms with Crippen LogP contribution in [0.2, 0.25) is 5.02 Å². The van der Waals surface area contributed by atoms with E-state index in [1.165, 1.54) is 6.08 Å². The van der Waals surface area contributed by atoms with Crippen molar-refractivity contribution in [2.24, 2.45) is 0 Å². The molecule has 120 valence electrons. The molecule has 4 nitrogen and oxygen atoms in total. The Kier molecular flexibility index (Phi) is 6.20. The highest BCUT2D eigenvalue weighted by atomic mass is 35.5. The Balaban J connectivity index is 1.96. The second-order valence-electron chi connectivity index (χ2n) is 4.90. The smallest absolute Gasteiger partial charge is 0.248 e. The number of nitrogens with one attached hydrogen (secondary N) is 1. The highest BCUT2D eigenvalue weighted by molar-refractivity contribution is 6.31. The van der Waals surface area contributed by atoms with E-state index in [4.69, 9.17) is 21.1 Å². The molecule has 0 atom stereocenters. The minimum Gasteiger partial charge on any atom is -0.468 e. The van der Waals surface area contributed by atoms with Gasteiger partial charge in [0.05, 0.1) is 0 Å². The van der Waals surface area contributed by atoms with Gasteiger partial charge in [-0.15, -0.1) is 0 Å². The third-order valence-corrected chi connectivity index (χ3v) is 3.34. The second kappa shape index (κ2) is 8.36. The molecule has 0 aliphatic rings. The predicted octanol–water partition coefficient (Wildman–Crippen LogP) is 4.28. The molecule has 0 saturated carbocycles. The van der Waals surface area contributed by atoms with E-state index in [1.54, 1.807) is 25.3 Å². The lowest BCUT2D eigenvalue weighted by atomic mass is 10.2. The Labute approximate surface area is 140 Å². The SMILES string of the molecule is COCOc1ccc(/C=C/C(=O)Nc2cc(Cl)ccc2C)cc1. The molecule has 0 aromatic heterocycles. The number of carbonyl (C=O) groups excluding carboxylic acids is 1. The summed E-state index contributed by atoms with van der Waals surface area (Å²) in [5.74, 6) is 0.498. The number of methoxy groups -OCH3 is 1. The van der Waals surface area contributed by atoms with Gasteiger partial charge in [0.15, 0.2) is 6.79 Å². The van der Waals surface area contributed by atoms with Crippen molar-refractivity contribution < 1.29 is 14.3 Å². The molecule has 1 N–H and O–H groups in total. The number of hydrogen-bond donors (Lipinski definition) is 1. The summed E-state index contributed by atoms with van der Waals surface area (Å²) in [6.45, 7) is 2.12. The Morgan fingerprint density at radius 1 is 1.22 bits per heavy atom. The maximum atomic E-state index is 12.0. The summed E-state index contributed by atoms with van der Waals surface area (Å²) in [5.41, 5.74) is 2.55. The molecular formula is C18H18ClNO3. The van der Waals surface area contributed by atoms with E-state index >= 15 is 0 Å². The van der Waals surface area contributed by atoms with Gasteiger partial charge in [-0.3, -0.25) is 4.79 Å². The van der Waals surface area contributed by atoms with Crippen LogP contribution in [0.25, 0.3) is 6.08 Å². The number of anilines is 1. The van der Waals surface area contributed by atoms with Crippen molar-refractivity contribution in [3.63, 3.8) is 0 Å². The van der Waals surface area contributed by atoms with Gasteiger partial charge in [0.1, 0.15) is 5.75 Å². The number of rotatable bonds is 6. The van der Waals surface area contributed by atoms with Crippen molar-refractivity contribution >= 4 is 29.3 Å². The van der Waals surface area contributed by atoms with Crippen LogP contribution in [0.3, 0.4) is 0 Å². The first-order valence-corrected chi connectivity index (χ1v) is 7.43. The Bertz CT molecular complexity index is 696. The topological polar surface area (TPSA) is 47.6 Å². The van der Waals surface area contributed by atoms with Gasteiger partial charge in [0, 0.05) is 23.9 Å². The number of ether oxygens (including phenoxy) is 2. The maximum Gasteiger partial charge on any atom is 0.248 e. The molecule has 23 heavy (non-hydrogen) atoms. The molecule has 2 rings (SSSR count). The van der Waals surface area contributed by atoms with Gasteiger partial charge in [0.25, 0.3) is 0 Å². The highest BCUT2D eigenvalue weighted by Gasteiger charge is 2.02. The zero-order chi connectivity index (χ0) is 16.7. The molecule has 0 saturated heterocycles. The van der Waals surface area contributed by atoms with Crippen molar-refractivity contribution in [1.29, 1.82) is 0 Å². The lowest BCUT2D eigenvalue weighted by Crippen LogP contribution is -2.08. The zero-order valence-corrected chi connectivity index (χ0v) is 13.8. The summed E-state index contributed by atoms with van der Waals surface area (Å²) in [5, 5.41) is 3.39. The molecule has 0 radical (unpaired) electrons. The van der Waals surface area contributed by atoms with Crippen molar-refractivity contribution in [3.05, 3.63) is 64.7 Å². The molecule has 0 bridgehead atoms. The number of aryl methyl sites for hydroxylation is 1. The average molecular weight is 332 g/mol. The van der Waals surface area contributed by atoms with Gasteiger partial charge in [-0.2, -0.15) is 0 Å². The van der Waals surface area contributed by atoms with Crippen LogP contribution < -0.4 is 10.1 Å². The fourth-order valence-corrected chi connectivity index (χ4v) is 2.05. The first kappa shape index (κ1) is 17.1. The van der Waals surface area contributed by atoms with Crippen molar-refractivity contribution in [2.75, 3.05) is 19.2 Å². The molecule has 2 aromatic carbocycles. The summed E-state index contributed by atoms with van der Waals surface area (Å²) in [7, 11) is 1.57. The molecule has 0 aliphatic carbocycles. The maximum absolute atomic E-state index is 12.0. The van der Waals surface area contributed by atoms with Crippen LogP contribution in [-0.4, -0.2) is 19.8 Å². The van der Waals surface area contributed by atoms with Gasteiger partial charge in [-0.1, -0.05) is 29.8 Å². The third kappa shape index (κ3) is 5.43. The summed E-state index contributed by atoms with van der Waals surface area (Å²) < 4.78 is 10.1. The Hall–Kier alpha value is -2.30. The number of halogens is 1. The van der Waals surface area contributed by atoms with Crippen molar-refractivity contribution in [3.8, 4) is 5.75 Å². The van der Waals surface area contributed by atoms with Crippen molar-refractivity contribution in [2.45, 2.75) is 6.92 Å². The largest absolute Gasteiger partial charge is 0.468 e. The zero-order valence-electron chi connectivity index (χ0n) is 13.0. The summed E-state index contributed by atoms with van der Waals surface area (Å²) in [4.78, 5) is 12.0. The third-order valence-electron chi connectivity index (χ3n) is 3.11. The van der Waals surface area contributed by atoms with E-state index in [1.807, 2.05) is 37.3 Å². The van der Waals surface area contributed by atoms with E-state index < -0.39 is 0 Å². The van der Waals surface area contributed by atoms with E-state index in [9.17, 15) is 4.79 Å². The molecule has 1 amide bonds. The van der Waals surface area contributed by atoms with E-state index in [2.05, 4.69) is 5.32 Å². The van der Waals surface area contributed by atoms with E-state index in [0.29, 0.717) is 16.5 Å². The quantitative estimate of drug-likeness (QED) is 0.634. The minimum atomic E-state index is -0.213. The predicted molar refractivity (Wildman–Crippen MR) is 92.8 cm³/mol. The molecule has 0 heterocycles. The van der Waals surface area contributed by atoms with E-state index in [0.717, 1.165) is 11.1 Å². The van der Waals surface area contributed by atoms with Crippen LogP contribution in [0, 0.1) is 6.92 Å². The van der Waals surface area contributed by atoms with Crippen LogP contribution in [0.5, 0.6) is 5.75 Å². The minimum absolute atomic E-state index is 0.205. The van der Waals surface area contributed by atoms with Gasteiger partial charge in [-0.25, -0.2) is 0 Å². The number of carbonyl (C=O) groups is 1. The number of amides is 1. The summed E-state index contributed by atoms with van der Waals surface area (Å²) in [6.07, 6.45) is 3.21. The Morgan fingerprint density at radius 2 is 1.96 bits per heavy atom. The van der Waals surface area contributed by atoms with Gasteiger partial charge in [-0.05, 0) is 48.4 Å².